The summed E-state index contributed by atoms with van der Waals surface area (Å²) in [6.07, 6.45) is 0.557. The number of primary amides is 2. The second-order valence-electron chi connectivity index (χ2n) is 30.8. The van der Waals surface area contributed by atoms with Crippen molar-refractivity contribution in [2.75, 3.05) is 25.0 Å². The number of para-hydroxylation sites is 1. The van der Waals surface area contributed by atoms with Gasteiger partial charge in [-0.05, 0) is 128 Å². The van der Waals surface area contributed by atoms with Crippen molar-refractivity contribution in [3.05, 3.63) is 238 Å². The van der Waals surface area contributed by atoms with Crippen LogP contribution in [0.3, 0.4) is 0 Å². The number of anilines is 1. The maximum Gasteiger partial charge on any atom is 0.340 e. The number of esters is 1. The first-order valence-corrected chi connectivity index (χ1v) is 41.1. The van der Waals surface area contributed by atoms with E-state index in [1.165, 1.54) is 36.8 Å². The summed E-state index contributed by atoms with van der Waals surface area (Å²) >= 11 is 5.65. The Kier molecular flexibility index (Phi) is 28.2. The molecule has 13 rings (SSSR count). The number of nitrogens with two attached hydrogens (primary N) is 2. The van der Waals surface area contributed by atoms with Crippen LogP contribution in [-0.2, 0) is 88.8 Å². The van der Waals surface area contributed by atoms with E-state index in [-0.39, 0.29) is 116 Å². The second-order valence-corrected chi connectivity index (χ2v) is 31.2. The number of ether oxygens (including phenoxy) is 2. The molecule has 4 bridgehead atoms. The molecule has 2 aromatic heterocycles. The Morgan fingerprint density at radius 2 is 1.10 bits per heavy atom. The molecule has 38 nitrogen and oxygen atoms in total. The van der Waals surface area contributed by atoms with Crippen LogP contribution in [0, 0.1) is 0 Å². The Morgan fingerprint density at radius 3 is 1.72 bits per heavy atom. The number of hydrogen-bond donors (Lipinski definition) is 20. The predicted molar refractivity (Wildman–Crippen MR) is 458 cm³/mol. The number of carbonyl (C=O) groups excluding carboxylic acids is 14. The van der Waals surface area contributed by atoms with Crippen LogP contribution in [-0.4, -0.2) is 198 Å². The Bertz CT molecular complexity index is 5720. The number of aromatic amines is 2. The number of carbonyl (C=O) groups is 15. The average Bonchev–Trinajstić information content (AvgIpc) is 1.57. The fourth-order valence-electron chi connectivity index (χ4n) is 15.4. The lowest BCUT2D eigenvalue weighted by Gasteiger charge is -2.36. The van der Waals surface area contributed by atoms with Gasteiger partial charge in [0.2, 0.25) is 59.1 Å². The zero-order valence-electron chi connectivity index (χ0n) is 67.8. The number of thiocarbonyl (C=S) groups is 1. The fraction of sp³-hybridized carbons (Fsp3) is 0.284. The third kappa shape index (κ3) is 22.1. The van der Waals surface area contributed by atoms with E-state index in [1.807, 2.05) is 0 Å². The molecule has 0 fully saturated rings. The van der Waals surface area contributed by atoms with Gasteiger partial charge in [0.1, 0.15) is 77.4 Å². The first kappa shape index (κ1) is 89.2. The SMILES string of the molecule is NC(=O)CC1NC(=O)C(Cc2ccccc2)NC(=O)C2CCCCNC(=O)c3cc(cc(c3)C(=O)N[C@@H](Cc3c[nH]c4ccccc34)C(=O)N[C@H](Cc3ccccc3)C(=O)N[C@@H](CC(=O)O)C(=O)N2)C(=O)NCC(C(=O)N[C@@H](CCCCNC(=S)Nc2ccc3c(c2)C(=O)OC32c3ccc(O)cc3Oc3cc(O)ccc32)C(N)=O)NC(=O)C(Cc2c[nH]cn2)NC1=O. The van der Waals surface area contributed by atoms with Gasteiger partial charge in [-0.15, -0.1) is 0 Å². The zero-order chi connectivity index (χ0) is 90.2. The van der Waals surface area contributed by atoms with Crippen molar-refractivity contribution in [2.24, 2.45) is 11.5 Å². The summed E-state index contributed by atoms with van der Waals surface area (Å²) in [6.45, 7) is -0.953. The van der Waals surface area contributed by atoms with E-state index < -0.39 is 186 Å². The van der Waals surface area contributed by atoms with Crippen molar-refractivity contribution < 1.29 is 96.7 Å². The van der Waals surface area contributed by atoms with Crippen LogP contribution in [0.25, 0.3) is 10.9 Å². The molecule has 4 aliphatic heterocycles. The normalized spacial score (nSPS) is 20.3. The van der Waals surface area contributed by atoms with Gasteiger partial charge in [0, 0.05) is 120 Å². The van der Waals surface area contributed by atoms with Crippen molar-refractivity contribution in [1.29, 1.82) is 0 Å². The van der Waals surface area contributed by atoms with Crippen molar-refractivity contribution in [3.8, 4) is 23.0 Å². The van der Waals surface area contributed by atoms with Gasteiger partial charge in [0.15, 0.2) is 10.7 Å². The van der Waals surface area contributed by atoms with E-state index in [0.717, 1.165) is 18.2 Å². The van der Waals surface area contributed by atoms with Gasteiger partial charge in [0.05, 0.1) is 30.4 Å². The molecule has 9 aromatic rings. The summed E-state index contributed by atoms with van der Waals surface area (Å²) in [6, 6.07) is 24.2. The molecular formula is C88H90N18O20S. The third-order valence-electron chi connectivity index (χ3n) is 21.8. The molecule has 127 heavy (non-hydrogen) atoms. The minimum absolute atomic E-state index is 0.00340. The highest BCUT2D eigenvalue weighted by Gasteiger charge is 2.54. The number of phenols is 2. The van der Waals surface area contributed by atoms with Crippen LogP contribution >= 0.6 is 12.2 Å². The standard InChI is InChI=1S/C88H90N18O20S/c89-72(109)39-67-83(121)103-66(36-52-42-91-44-96-52)82(120)106-69(85(123)98-61(74(90)112)19-9-12-28-93-87(127)97-51-21-24-57-56(35-51)86(124)126-88(57)58-25-22-53(107)37-70(58)125-71-38-54(108)23-26-59(71)88)43-95-76(114)48-31-47-32-49(33-48)77(115)100-65(34-50-41-94-60-18-8-7-17-55(50)60)81(119)102-64(30-46-15-5-2-6-16-46)80(118)105-68(40-73(110)111)84(122)99-62(20-10-11-27-92-75(47)113)78(116)101-63(79(117)104-67)29-45-13-3-1-4-14-45/h1-8,13-18,21-26,31-33,35,37-38,41-42,44,61-69,94,107-108H,9-12,19-20,27-30,34,36,39-40,43H2,(H2,89,109)(H2,90,112)(H,91,96)(H,92,113)(H,95,114)(H,98,123)(H,99,122)(H,100,115)(H,101,116)(H,102,119)(H,103,121)(H,104,117)(H,105,118)(H,106,120)(H,110,111)(H2,93,97,127)/t61-,62?,63?,64+,65-,66?,67?,68-,69?/m0/s1. The lowest BCUT2D eigenvalue weighted by atomic mass is 9.77. The highest BCUT2D eigenvalue weighted by molar-refractivity contribution is 7.80. The van der Waals surface area contributed by atoms with Crippen LogP contribution in [0.4, 0.5) is 5.69 Å². The largest absolute Gasteiger partial charge is 0.508 e. The van der Waals surface area contributed by atoms with Gasteiger partial charge < -0.3 is 115 Å². The summed E-state index contributed by atoms with van der Waals surface area (Å²) < 4.78 is 12.3. The van der Waals surface area contributed by atoms with Crippen molar-refractivity contribution in [2.45, 2.75) is 137 Å². The zero-order valence-corrected chi connectivity index (χ0v) is 68.7. The Morgan fingerprint density at radius 1 is 0.551 bits per heavy atom. The van der Waals surface area contributed by atoms with Gasteiger partial charge in [-0.25, -0.2) is 9.78 Å². The molecule has 0 aliphatic carbocycles. The van der Waals surface area contributed by atoms with Gasteiger partial charge in [-0.3, -0.25) is 67.1 Å². The Labute approximate surface area is 728 Å². The van der Waals surface area contributed by atoms with E-state index in [0.29, 0.717) is 50.0 Å². The maximum atomic E-state index is 15.3. The summed E-state index contributed by atoms with van der Waals surface area (Å²) in [5.41, 5.74) is 12.9. The van der Waals surface area contributed by atoms with Crippen LogP contribution in [0.15, 0.2) is 176 Å². The number of H-pyrrole nitrogens is 2. The number of nitrogens with one attached hydrogen (secondary N) is 15. The molecule has 22 N–H and O–H groups in total. The monoisotopic (exact) mass is 1750 g/mol. The molecule has 6 heterocycles. The van der Waals surface area contributed by atoms with Gasteiger partial charge in [-0.1, -0.05) is 84.9 Å². The first-order valence-electron chi connectivity index (χ1n) is 40.7. The van der Waals surface area contributed by atoms with Gasteiger partial charge in [0.25, 0.3) is 17.7 Å². The number of aromatic hydroxyl groups is 2. The number of nitrogens with zero attached hydrogens (tertiary/aromatic N) is 1. The summed E-state index contributed by atoms with van der Waals surface area (Å²) in [7, 11) is 0. The smallest absolute Gasteiger partial charge is 0.340 e. The number of imidazole rings is 1. The lowest BCUT2D eigenvalue weighted by Crippen LogP contribution is -2.62. The molecule has 7 aromatic carbocycles. The number of rotatable bonds is 21. The lowest BCUT2D eigenvalue weighted by molar-refractivity contribution is -0.141. The topological polar surface area (TPSA) is 588 Å². The van der Waals surface area contributed by atoms with Crippen molar-refractivity contribution >= 4 is 123 Å². The van der Waals surface area contributed by atoms with Crippen LogP contribution in [0.5, 0.6) is 23.0 Å². The molecule has 658 valence electrons. The van der Waals surface area contributed by atoms with Crippen molar-refractivity contribution in [3.63, 3.8) is 0 Å². The van der Waals surface area contributed by atoms with E-state index in [2.05, 4.69) is 84.1 Å². The highest BCUT2D eigenvalue weighted by Crippen LogP contribution is 2.57. The Balaban J connectivity index is 0.811. The summed E-state index contributed by atoms with van der Waals surface area (Å²) in [4.78, 5) is 228. The summed E-state index contributed by atoms with van der Waals surface area (Å²) in [5.74, 6) is -16.6. The highest BCUT2D eigenvalue weighted by atomic mass is 32.1. The molecule has 0 radical (unpaired) electrons. The minimum atomic E-state index is -1.99. The van der Waals surface area contributed by atoms with Crippen molar-refractivity contribution in [1.82, 2.24) is 78.8 Å². The first-order chi connectivity index (χ1) is 61.0. The quantitative estimate of drug-likeness (QED) is 0.0275. The summed E-state index contributed by atoms with van der Waals surface area (Å²) in [5, 5.41) is 66.2. The number of carboxylic acid groups (broad SMARTS) is 1. The maximum absolute atomic E-state index is 15.3. The number of fused-ring (bicyclic) bond motifs is 15. The number of aliphatic carboxylic acids is 1. The minimum Gasteiger partial charge on any atom is -0.508 e. The number of unbranched alkanes of at least 4 members (excludes halogenated alkanes) is 1. The van der Waals surface area contributed by atoms with Crippen LogP contribution in [0.2, 0.25) is 0 Å². The van der Waals surface area contributed by atoms with Crippen LogP contribution < -0.4 is 85.3 Å². The fourth-order valence-corrected chi connectivity index (χ4v) is 15.6. The van der Waals surface area contributed by atoms with E-state index in [4.69, 9.17) is 33.2 Å². The second kappa shape index (κ2) is 40.2. The van der Waals surface area contributed by atoms with E-state index in [1.54, 1.807) is 121 Å². The molecule has 39 heteroatoms. The molecule has 1 spiro atoms. The molecular weight excluding hydrogens is 1660 g/mol. The number of benzene rings is 7. The molecule has 9 atom stereocenters. The number of phenolic OH excluding ortho intramolecular Hbond substituents is 2. The van der Waals surface area contributed by atoms with Gasteiger partial charge in [-0.2, -0.15) is 0 Å². The number of hydrogen-bond acceptors (Lipinski definition) is 21. The number of aromatic nitrogens is 3. The third-order valence-corrected chi connectivity index (χ3v) is 22.0. The van der Waals surface area contributed by atoms with Gasteiger partial charge >= 0.3 is 11.9 Å². The average molecular weight is 1750 g/mol. The molecule has 0 saturated heterocycles. The predicted octanol–water partition coefficient (Wildman–Crippen LogP) is 1.47. The van der Waals surface area contributed by atoms with E-state index >= 15 is 33.6 Å². The van der Waals surface area contributed by atoms with Crippen LogP contribution in [0.1, 0.15) is 132 Å². The molecule has 5 unspecified atom stereocenters. The Hall–Kier alpha value is -15.6. The molecule has 4 aliphatic rings. The number of carboxylic acids is 1. The molecule has 13 amide bonds. The number of amides is 13. The van der Waals surface area contributed by atoms with E-state index in [9.17, 15) is 53.7 Å². The molecule has 0 saturated carbocycles.